The molecular weight excluding hydrogens is 468 g/mol. The van der Waals surface area contributed by atoms with Crippen molar-refractivity contribution in [2.45, 2.75) is 52.4 Å². The van der Waals surface area contributed by atoms with Crippen molar-refractivity contribution in [3.05, 3.63) is 71.0 Å². The van der Waals surface area contributed by atoms with Crippen LogP contribution in [0.25, 0.3) is 22.5 Å². The first-order chi connectivity index (χ1) is 17.9. The number of aromatic nitrogens is 2. The van der Waals surface area contributed by atoms with Crippen LogP contribution < -0.4 is 0 Å². The average Bonchev–Trinajstić information content (AvgIpc) is 3.35. The Morgan fingerprint density at radius 3 is 1.84 bits per heavy atom. The van der Waals surface area contributed by atoms with Crippen LogP contribution in [0.5, 0.6) is 0 Å². The molecule has 0 bridgehead atoms. The molecular formula is C30H32N2O5. The Kier molecular flexibility index (Phi) is 7.81. The number of benzene rings is 1. The highest BCUT2D eigenvalue weighted by Gasteiger charge is 2.54. The van der Waals surface area contributed by atoms with E-state index in [0.29, 0.717) is 35.4 Å². The molecule has 0 fully saturated rings. The van der Waals surface area contributed by atoms with Gasteiger partial charge in [0.15, 0.2) is 11.2 Å². The molecule has 0 saturated heterocycles. The van der Waals surface area contributed by atoms with Crippen LogP contribution in [0.2, 0.25) is 0 Å². The van der Waals surface area contributed by atoms with Gasteiger partial charge >= 0.3 is 11.9 Å². The monoisotopic (exact) mass is 500 g/mol. The standard InChI is InChI=1S/C30H32N2O5/c1-5-7-12-19-25(22-13-8-10-15-31-22)20-17-30(28(34)36-3,29(35)37-4)18-21(20)26(27(19)24(33)6-2)23-14-9-11-16-32-23/h8-11,13-16H,5-7,12,17-18H2,1-4H3. The van der Waals surface area contributed by atoms with Gasteiger partial charge in [0.2, 0.25) is 0 Å². The van der Waals surface area contributed by atoms with Gasteiger partial charge < -0.3 is 9.47 Å². The molecule has 4 rings (SSSR count). The molecule has 0 atom stereocenters. The molecule has 0 saturated carbocycles. The van der Waals surface area contributed by atoms with Crippen molar-refractivity contribution in [3.8, 4) is 22.5 Å². The molecule has 192 valence electrons. The van der Waals surface area contributed by atoms with E-state index in [1.54, 1.807) is 12.4 Å². The molecule has 0 amide bonds. The highest BCUT2D eigenvalue weighted by molar-refractivity contribution is 6.08. The molecule has 2 aromatic heterocycles. The quantitative estimate of drug-likeness (QED) is 0.227. The molecule has 37 heavy (non-hydrogen) atoms. The van der Waals surface area contributed by atoms with Crippen LogP contribution >= 0.6 is 0 Å². The van der Waals surface area contributed by atoms with Crippen LogP contribution in [0.4, 0.5) is 0 Å². The maximum Gasteiger partial charge on any atom is 0.323 e. The molecule has 0 N–H and O–H groups in total. The summed E-state index contributed by atoms with van der Waals surface area (Å²) in [6.07, 6.45) is 6.29. The Hall–Kier alpha value is -3.87. The molecule has 1 aromatic carbocycles. The summed E-state index contributed by atoms with van der Waals surface area (Å²) < 4.78 is 10.3. The van der Waals surface area contributed by atoms with Gasteiger partial charge in [-0.25, -0.2) is 0 Å². The van der Waals surface area contributed by atoms with Gasteiger partial charge in [-0.05, 0) is 53.8 Å². The molecule has 3 aromatic rings. The van der Waals surface area contributed by atoms with E-state index >= 15 is 0 Å². The number of unbranched alkanes of at least 4 members (excludes halogenated alkanes) is 1. The van der Waals surface area contributed by atoms with E-state index in [9.17, 15) is 14.4 Å². The summed E-state index contributed by atoms with van der Waals surface area (Å²) in [5.41, 5.74) is 4.31. The van der Waals surface area contributed by atoms with Gasteiger partial charge in [-0.3, -0.25) is 24.4 Å². The Labute approximate surface area is 217 Å². The van der Waals surface area contributed by atoms with Crippen LogP contribution in [0.1, 0.15) is 60.2 Å². The highest BCUT2D eigenvalue weighted by Crippen LogP contribution is 2.50. The zero-order valence-electron chi connectivity index (χ0n) is 21.8. The van der Waals surface area contributed by atoms with E-state index in [1.165, 1.54) is 14.2 Å². The lowest BCUT2D eigenvalue weighted by Crippen LogP contribution is -2.42. The Bertz CT molecular complexity index is 1300. The predicted octanol–water partition coefficient (Wildman–Crippen LogP) is 5.18. The summed E-state index contributed by atoms with van der Waals surface area (Å²) >= 11 is 0. The summed E-state index contributed by atoms with van der Waals surface area (Å²) in [7, 11) is 2.54. The lowest BCUT2D eigenvalue weighted by molar-refractivity contribution is -0.168. The summed E-state index contributed by atoms with van der Waals surface area (Å²) in [5.74, 6) is -1.33. The van der Waals surface area contributed by atoms with E-state index in [-0.39, 0.29) is 18.6 Å². The second-order valence-corrected chi connectivity index (χ2v) is 9.29. The minimum atomic E-state index is -1.56. The van der Waals surface area contributed by atoms with E-state index in [2.05, 4.69) is 16.9 Å². The Balaban J connectivity index is 2.18. The number of nitrogens with zero attached hydrogens (tertiary/aromatic N) is 2. The Morgan fingerprint density at radius 2 is 1.38 bits per heavy atom. The largest absolute Gasteiger partial charge is 0.468 e. The number of Topliss-reactive ketones (excluding diaryl/α,β-unsaturated/α-hetero) is 1. The summed E-state index contributed by atoms with van der Waals surface area (Å²) in [6, 6.07) is 11.2. The van der Waals surface area contributed by atoms with E-state index in [4.69, 9.17) is 9.47 Å². The number of hydrogen-bond donors (Lipinski definition) is 0. The van der Waals surface area contributed by atoms with Crippen molar-refractivity contribution < 1.29 is 23.9 Å². The van der Waals surface area contributed by atoms with Crippen molar-refractivity contribution in [2.24, 2.45) is 5.41 Å². The molecule has 7 nitrogen and oxygen atoms in total. The summed E-state index contributed by atoms with van der Waals surface area (Å²) in [6.45, 7) is 3.95. The zero-order valence-corrected chi connectivity index (χ0v) is 21.8. The number of hydrogen-bond acceptors (Lipinski definition) is 7. The normalized spacial score (nSPS) is 13.6. The fraction of sp³-hybridized carbons (Fsp3) is 0.367. The number of pyridine rings is 2. The first kappa shape index (κ1) is 26.2. The smallest absolute Gasteiger partial charge is 0.323 e. The Morgan fingerprint density at radius 1 is 0.838 bits per heavy atom. The number of carbonyl (C=O) groups excluding carboxylic acids is 3. The summed E-state index contributed by atoms with van der Waals surface area (Å²) in [5, 5.41) is 0. The number of methoxy groups -OCH3 is 2. The predicted molar refractivity (Wildman–Crippen MR) is 140 cm³/mol. The van der Waals surface area contributed by atoms with Crippen LogP contribution in [-0.4, -0.2) is 41.9 Å². The third kappa shape index (κ3) is 4.54. The lowest BCUT2D eigenvalue weighted by atomic mass is 9.81. The van der Waals surface area contributed by atoms with Crippen molar-refractivity contribution in [3.63, 3.8) is 0 Å². The first-order valence-electron chi connectivity index (χ1n) is 12.7. The fourth-order valence-corrected chi connectivity index (χ4v) is 5.43. The number of ketones is 1. The molecule has 0 spiro atoms. The van der Waals surface area contributed by atoms with Gasteiger partial charge in [-0.2, -0.15) is 0 Å². The van der Waals surface area contributed by atoms with Gasteiger partial charge in [0.1, 0.15) is 0 Å². The number of ether oxygens (including phenoxy) is 2. The van der Waals surface area contributed by atoms with Crippen molar-refractivity contribution in [1.82, 2.24) is 9.97 Å². The first-order valence-corrected chi connectivity index (χ1v) is 12.7. The van der Waals surface area contributed by atoms with Crippen LogP contribution in [0.3, 0.4) is 0 Å². The zero-order chi connectivity index (χ0) is 26.6. The molecule has 0 unspecified atom stereocenters. The maximum atomic E-state index is 13.7. The van der Waals surface area contributed by atoms with Crippen molar-refractivity contribution in [1.29, 1.82) is 0 Å². The van der Waals surface area contributed by atoms with Crippen LogP contribution in [0, 0.1) is 5.41 Å². The highest BCUT2D eigenvalue weighted by atomic mass is 16.5. The minimum absolute atomic E-state index is 0.0135. The number of carbonyl (C=O) groups is 3. The van der Waals surface area contributed by atoms with Crippen molar-refractivity contribution >= 4 is 17.7 Å². The van der Waals surface area contributed by atoms with E-state index in [1.807, 2.05) is 43.3 Å². The van der Waals surface area contributed by atoms with Gasteiger partial charge in [-0.1, -0.05) is 32.4 Å². The molecule has 1 aliphatic carbocycles. The van der Waals surface area contributed by atoms with Crippen LogP contribution in [0.15, 0.2) is 48.8 Å². The second-order valence-electron chi connectivity index (χ2n) is 9.29. The van der Waals surface area contributed by atoms with Gasteiger partial charge in [0.05, 0.1) is 25.6 Å². The third-order valence-corrected chi connectivity index (χ3v) is 7.15. The number of rotatable bonds is 9. The molecule has 0 aliphatic heterocycles. The molecule has 1 aliphatic rings. The third-order valence-electron chi connectivity index (χ3n) is 7.15. The second kappa shape index (κ2) is 11.0. The average molecular weight is 501 g/mol. The summed E-state index contributed by atoms with van der Waals surface area (Å²) in [4.78, 5) is 49.4. The number of fused-ring (bicyclic) bond motifs is 1. The fourth-order valence-electron chi connectivity index (χ4n) is 5.43. The number of esters is 2. The van der Waals surface area contributed by atoms with E-state index < -0.39 is 17.4 Å². The van der Waals surface area contributed by atoms with E-state index in [0.717, 1.165) is 35.1 Å². The van der Waals surface area contributed by atoms with Gasteiger partial charge in [0.25, 0.3) is 0 Å². The van der Waals surface area contributed by atoms with Crippen LogP contribution in [-0.2, 0) is 38.3 Å². The lowest BCUT2D eigenvalue weighted by Gasteiger charge is -2.23. The van der Waals surface area contributed by atoms with Gasteiger partial charge in [0, 0.05) is 48.3 Å². The molecule has 0 radical (unpaired) electrons. The topological polar surface area (TPSA) is 95.5 Å². The van der Waals surface area contributed by atoms with Crippen molar-refractivity contribution in [2.75, 3.05) is 14.2 Å². The van der Waals surface area contributed by atoms with Gasteiger partial charge in [-0.15, -0.1) is 0 Å². The maximum absolute atomic E-state index is 13.7. The molecule has 2 heterocycles. The minimum Gasteiger partial charge on any atom is -0.468 e. The SMILES string of the molecule is CCCCc1c(C(=O)CC)c(-c2ccccn2)c2c(c1-c1ccccn1)CC(C(=O)OC)(C(=O)OC)C2. The molecule has 7 heteroatoms.